The maximum Gasteiger partial charge on any atom is 0.253 e. The molecular weight excluding hydrogens is 292 g/mol. The lowest BCUT2D eigenvalue weighted by Crippen LogP contribution is -2.39. The highest BCUT2D eigenvalue weighted by Crippen LogP contribution is 2.29. The van der Waals surface area contributed by atoms with Crippen molar-refractivity contribution in [1.82, 2.24) is 4.90 Å². The van der Waals surface area contributed by atoms with Gasteiger partial charge >= 0.3 is 0 Å². The summed E-state index contributed by atoms with van der Waals surface area (Å²) in [6.45, 7) is 5.81. The van der Waals surface area contributed by atoms with Crippen molar-refractivity contribution in [3.05, 3.63) is 23.8 Å². The number of fused-ring (bicyclic) bond motifs is 1. The summed E-state index contributed by atoms with van der Waals surface area (Å²) >= 11 is 0. The molecule has 6 heteroatoms. The second-order valence-corrected chi connectivity index (χ2v) is 6.98. The highest BCUT2D eigenvalue weighted by Gasteiger charge is 2.23. The van der Waals surface area contributed by atoms with E-state index >= 15 is 0 Å². The molecular formula is C17H26N4O2. The van der Waals surface area contributed by atoms with Crippen molar-refractivity contribution in [2.75, 3.05) is 43.9 Å². The number of nitrogens with one attached hydrogen (secondary N) is 1. The molecule has 2 amide bonds. The molecule has 0 atom stereocenters. The van der Waals surface area contributed by atoms with Crippen LogP contribution in [0.3, 0.4) is 0 Å². The van der Waals surface area contributed by atoms with Crippen molar-refractivity contribution in [3.63, 3.8) is 0 Å². The maximum absolute atomic E-state index is 12.6. The van der Waals surface area contributed by atoms with Gasteiger partial charge in [-0.25, -0.2) is 0 Å². The summed E-state index contributed by atoms with van der Waals surface area (Å²) in [7, 11) is 3.71. The van der Waals surface area contributed by atoms with E-state index in [1.807, 2.05) is 31.9 Å². The molecule has 2 rings (SSSR count). The van der Waals surface area contributed by atoms with Crippen LogP contribution in [0.15, 0.2) is 18.2 Å². The van der Waals surface area contributed by atoms with Crippen molar-refractivity contribution in [3.8, 4) is 0 Å². The van der Waals surface area contributed by atoms with E-state index < -0.39 is 0 Å². The first-order valence-electron chi connectivity index (χ1n) is 7.84. The summed E-state index contributed by atoms with van der Waals surface area (Å²) in [5.74, 6) is -0.103. The van der Waals surface area contributed by atoms with E-state index in [1.54, 1.807) is 24.1 Å². The summed E-state index contributed by atoms with van der Waals surface area (Å²) in [6, 6.07) is 5.44. The van der Waals surface area contributed by atoms with E-state index in [2.05, 4.69) is 5.32 Å². The van der Waals surface area contributed by atoms with Crippen LogP contribution < -0.4 is 16.0 Å². The van der Waals surface area contributed by atoms with Crippen LogP contribution in [0, 0.1) is 5.41 Å². The SMILES string of the molecule is CN(CC(C)(C)CN)C(=O)c1ccc2c(c1)NC(=O)CCN2C. The molecule has 126 valence electrons. The molecule has 0 fully saturated rings. The van der Waals surface area contributed by atoms with Crippen LogP contribution in [0.5, 0.6) is 0 Å². The second kappa shape index (κ2) is 6.58. The van der Waals surface area contributed by atoms with Gasteiger partial charge in [-0.2, -0.15) is 0 Å². The van der Waals surface area contributed by atoms with Gasteiger partial charge in [-0.1, -0.05) is 13.8 Å². The molecule has 1 aliphatic rings. The number of nitrogens with zero attached hydrogens (tertiary/aromatic N) is 2. The minimum absolute atomic E-state index is 0.0298. The molecule has 0 spiro atoms. The van der Waals surface area contributed by atoms with Crippen LogP contribution in [0.1, 0.15) is 30.6 Å². The smallest absolute Gasteiger partial charge is 0.253 e. The van der Waals surface area contributed by atoms with Crippen molar-refractivity contribution in [2.45, 2.75) is 20.3 Å². The Morgan fingerprint density at radius 1 is 1.43 bits per heavy atom. The van der Waals surface area contributed by atoms with E-state index in [4.69, 9.17) is 5.73 Å². The average Bonchev–Trinajstić information content (AvgIpc) is 2.64. The van der Waals surface area contributed by atoms with Gasteiger partial charge < -0.3 is 20.9 Å². The van der Waals surface area contributed by atoms with Crippen molar-refractivity contribution >= 4 is 23.2 Å². The van der Waals surface area contributed by atoms with Gasteiger partial charge in [0.1, 0.15) is 0 Å². The monoisotopic (exact) mass is 318 g/mol. The first-order chi connectivity index (χ1) is 10.7. The largest absolute Gasteiger partial charge is 0.372 e. The third kappa shape index (κ3) is 4.01. The zero-order valence-corrected chi connectivity index (χ0v) is 14.3. The van der Waals surface area contributed by atoms with E-state index in [0.717, 1.165) is 5.69 Å². The molecule has 1 heterocycles. The third-order valence-corrected chi connectivity index (χ3v) is 4.17. The lowest BCUT2D eigenvalue weighted by molar-refractivity contribution is -0.115. The normalized spacial score (nSPS) is 14.8. The predicted octanol–water partition coefficient (Wildman–Crippen LogP) is 1.52. The van der Waals surface area contributed by atoms with E-state index in [-0.39, 0.29) is 17.2 Å². The third-order valence-electron chi connectivity index (χ3n) is 4.17. The number of hydrogen-bond donors (Lipinski definition) is 2. The van der Waals surface area contributed by atoms with Crippen molar-refractivity contribution in [2.24, 2.45) is 11.1 Å². The van der Waals surface area contributed by atoms with Gasteiger partial charge in [-0.15, -0.1) is 0 Å². The Bertz CT molecular complexity index is 613. The van der Waals surface area contributed by atoms with Crippen LogP contribution in [0.2, 0.25) is 0 Å². The van der Waals surface area contributed by atoms with Crippen molar-refractivity contribution in [1.29, 1.82) is 0 Å². The molecule has 0 bridgehead atoms. The van der Waals surface area contributed by atoms with Gasteiger partial charge in [-0.05, 0) is 30.2 Å². The lowest BCUT2D eigenvalue weighted by Gasteiger charge is -2.29. The number of carbonyl (C=O) groups is 2. The minimum Gasteiger partial charge on any atom is -0.372 e. The van der Waals surface area contributed by atoms with Gasteiger partial charge in [0.25, 0.3) is 5.91 Å². The van der Waals surface area contributed by atoms with Gasteiger partial charge in [0.05, 0.1) is 11.4 Å². The van der Waals surface area contributed by atoms with Gasteiger partial charge in [-0.3, -0.25) is 9.59 Å². The summed E-state index contributed by atoms with van der Waals surface area (Å²) in [5.41, 5.74) is 7.79. The maximum atomic E-state index is 12.6. The minimum atomic E-state index is -0.134. The molecule has 23 heavy (non-hydrogen) atoms. The fraction of sp³-hybridized carbons (Fsp3) is 0.529. The summed E-state index contributed by atoms with van der Waals surface area (Å²) in [5, 5.41) is 2.88. The molecule has 0 saturated heterocycles. The molecule has 0 radical (unpaired) electrons. The molecule has 0 unspecified atom stereocenters. The molecule has 0 aliphatic carbocycles. The zero-order valence-electron chi connectivity index (χ0n) is 14.3. The van der Waals surface area contributed by atoms with E-state index in [1.165, 1.54) is 0 Å². The molecule has 1 aromatic carbocycles. The fourth-order valence-corrected chi connectivity index (χ4v) is 2.70. The van der Waals surface area contributed by atoms with Crippen LogP contribution in [0.4, 0.5) is 11.4 Å². The Morgan fingerprint density at radius 3 is 2.78 bits per heavy atom. The van der Waals surface area contributed by atoms with Gasteiger partial charge in [0, 0.05) is 39.2 Å². The first-order valence-corrected chi connectivity index (χ1v) is 7.84. The molecule has 6 nitrogen and oxygen atoms in total. The zero-order chi connectivity index (χ0) is 17.2. The van der Waals surface area contributed by atoms with Crippen LogP contribution in [-0.2, 0) is 4.79 Å². The van der Waals surface area contributed by atoms with Crippen molar-refractivity contribution < 1.29 is 9.59 Å². The van der Waals surface area contributed by atoms with Crippen LogP contribution >= 0.6 is 0 Å². The quantitative estimate of drug-likeness (QED) is 0.882. The lowest BCUT2D eigenvalue weighted by atomic mass is 9.93. The standard InChI is InChI=1S/C17H26N4O2/c1-17(2,10-18)11-21(4)16(23)12-5-6-14-13(9-12)19-15(22)7-8-20(14)3/h5-6,9H,7-8,10-11,18H2,1-4H3,(H,19,22). The first kappa shape index (κ1) is 17.3. The Hall–Kier alpha value is -2.08. The fourth-order valence-electron chi connectivity index (χ4n) is 2.70. The number of carbonyl (C=O) groups excluding carboxylic acids is 2. The Kier molecular flexibility index (Phi) is 4.94. The predicted molar refractivity (Wildman–Crippen MR) is 92.8 cm³/mol. The average molecular weight is 318 g/mol. The van der Waals surface area contributed by atoms with Crippen LogP contribution in [0.25, 0.3) is 0 Å². The molecule has 0 saturated carbocycles. The van der Waals surface area contributed by atoms with Gasteiger partial charge in [0.2, 0.25) is 5.91 Å². The number of benzene rings is 1. The Balaban J connectivity index is 2.24. The number of hydrogen-bond acceptors (Lipinski definition) is 4. The topological polar surface area (TPSA) is 78.7 Å². The van der Waals surface area contributed by atoms with Gasteiger partial charge in [0.15, 0.2) is 0 Å². The highest BCUT2D eigenvalue weighted by molar-refractivity contribution is 6.00. The Labute approximate surface area is 137 Å². The molecule has 3 N–H and O–H groups in total. The number of amides is 2. The molecule has 1 aliphatic heterocycles. The molecule has 0 aromatic heterocycles. The number of rotatable bonds is 4. The highest BCUT2D eigenvalue weighted by atomic mass is 16.2. The van der Waals surface area contributed by atoms with E-state index in [9.17, 15) is 9.59 Å². The number of nitrogens with two attached hydrogens (primary N) is 1. The summed E-state index contributed by atoms with van der Waals surface area (Å²) < 4.78 is 0. The summed E-state index contributed by atoms with van der Waals surface area (Å²) in [6.07, 6.45) is 0.444. The van der Waals surface area contributed by atoms with E-state index in [0.29, 0.717) is 37.3 Å². The molecule has 1 aromatic rings. The summed E-state index contributed by atoms with van der Waals surface area (Å²) in [4.78, 5) is 28.1. The van der Waals surface area contributed by atoms with Crippen LogP contribution in [-0.4, -0.2) is 50.4 Å². The second-order valence-electron chi connectivity index (χ2n) is 6.98. The number of anilines is 2. The Morgan fingerprint density at radius 2 is 2.13 bits per heavy atom.